The number of unbranched alkanes of at least 4 members (excludes halogenated alkanes) is 1. The third-order valence-corrected chi connectivity index (χ3v) is 2.72. The van der Waals surface area contributed by atoms with Gasteiger partial charge in [-0.25, -0.2) is 4.79 Å². The van der Waals surface area contributed by atoms with Crippen LogP contribution in [0, 0.1) is 11.3 Å². The average molecular weight is 235 g/mol. The number of hydrogen-bond donors (Lipinski definition) is 0. The Morgan fingerprint density at radius 1 is 1.69 bits per heavy atom. The Kier molecular flexibility index (Phi) is 5.30. The minimum Gasteiger partial charge on any atom is -0.462 e. The van der Waals surface area contributed by atoms with Gasteiger partial charge in [-0.1, -0.05) is 19.4 Å². The van der Waals surface area contributed by atoms with Crippen molar-refractivity contribution in [1.82, 2.24) is 0 Å². The van der Waals surface area contributed by atoms with Crippen molar-refractivity contribution in [3.8, 4) is 6.07 Å². The van der Waals surface area contributed by atoms with Crippen molar-refractivity contribution in [2.24, 2.45) is 0 Å². The Bertz CT molecular complexity index is 401. The molecule has 0 radical (unpaired) electrons. The lowest BCUT2D eigenvalue weighted by molar-refractivity contribution is -0.138. The van der Waals surface area contributed by atoms with Crippen molar-refractivity contribution in [1.29, 1.82) is 5.26 Å². The molecule has 0 bridgehead atoms. The van der Waals surface area contributed by atoms with E-state index in [-0.39, 0.29) is 5.57 Å². The van der Waals surface area contributed by atoms with E-state index < -0.39 is 5.97 Å². The van der Waals surface area contributed by atoms with Gasteiger partial charge in [0.1, 0.15) is 11.6 Å². The van der Waals surface area contributed by atoms with Crippen LogP contribution in [0.3, 0.4) is 0 Å². The van der Waals surface area contributed by atoms with E-state index in [2.05, 4.69) is 0 Å². The van der Waals surface area contributed by atoms with E-state index in [0.717, 1.165) is 17.7 Å². The lowest BCUT2D eigenvalue weighted by Crippen LogP contribution is -2.07. The molecule has 0 fully saturated rings. The van der Waals surface area contributed by atoms with E-state index in [0.29, 0.717) is 6.61 Å². The number of esters is 1. The van der Waals surface area contributed by atoms with Crippen molar-refractivity contribution < 1.29 is 9.53 Å². The van der Waals surface area contributed by atoms with Crippen LogP contribution < -0.4 is 0 Å². The maximum Gasteiger partial charge on any atom is 0.348 e. The van der Waals surface area contributed by atoms with Gasteiger partial charge in [0.25, 0.3) is 0 Å². The van der Waals surface area contributed by atoms with Gasteiger partial charge in [-0.3, -0.25) is 0 Å². The fraction of sp³-hybridized carbons (Fsp3) is 0.333. The zero-order chi connectivity index (χ0) is 11.8. The van der Waals surface area contributed by atoms with Gasteiger partial charge in [0, 0.05) is 4.88 Å². The third kappa shape index (κ3) is 3.87. The molecule has 1 aromatic rings. The maximum absolute atomic E-state index is 11.5. The van der Waals surface area contributed by atoms with Crippen molar-refractivity contribution >= 4 is 23.4 Å². The Morgan fingerprint density at radius 3 is 3.06 bits per heavy atom. The fourth-order valence-electron chi connectivity index (χ4n) is 1.04. The molecule has 16 heavy (non-hydrogen) atoms. The second-order valence-corrected chi connectivity index (χ2v) is 4.15. The summed E-state index contributed by atoms with van der Waals surface area (Å²) in [6.07, 6.45) is 3.34. The molecule has 0 spiro atoms. The second kappa shape index (κ2) is 6.81. The van der Waals surface area contributed by atoms with Crippen LogP contribution in [0.4, 0.5) is 0 Å². The summed E-state index contributed by atoms with van der Waals surface area (Å²) in [5.74, 6) is -0.538. The normalized spacial score (nSPS) is 10.9. The van der Waals surface area contributed by atoms with Crippen LogP contribution in [0.25, 0.3) is 6.08 Å². The highest BCUT2D eigenvalue weighted by molar-refractivity contribution is 7.10. The highest BCUT2D eigenvalue weighted by Gasteiger charge is 2.10. The molecule has 0 aliphatic carbocycles. The van der Waals surface area contributed by atoms with E-state index >= 15 is 0 Å². The first-order chi connectivity index (χ1) is 7.77. The lowest BCUT2D eigenvalue weighted by atomic mass is 10.2. The van der Waals surface area contributed by atoms with E-state index in [1.54, 1.807) is 6.08 Å². The van der Waals surface area contributed by atoms with Gasteiger partial charge >= 0.3 is 5.97 Å². The van der Waals surface area contributed by atoms with Crippen molar-refractivity contribution in [3.05, 3.63) is 28.0 Å². The summed E-state index contributed by atoms with van der Waals surface area (Å²) in [6, 6.07) is 5.58. The molecule has 0 unspecified atom stereocenters. The van der Waals surface area contributed by atoms with Crippen LogP contribution in [-0.2, 0) is 9.53 Å². The van der Waals surface area contributed by atoms with Crippen LogP contribution in [0.2, 0.25) is 0 Å². The molecular formula is C12H13NO2S. The molecule has 0 aromatic carbocycles. The number of carbonyl (C=O) groups excluding carboxylic acids is 1. The van der Waals surface area contributed by atoms with Crippen molar-refractivity contribution in [3.63, 3.8) is 0 Å². The van der Waals surface area contributed by atoms with E-state index in [4.69, 9.17) is 10.00 Å². The zero-order valence-electron chi connectivity index (χ0n) is 9.10. The standard InChI is InChI=1S/C12H13NO2S/c1-2-3-6-15-12(14)10(9-13)8-11-5-4-7-16-11/h4-5,7-8H,2-3,6H2,1H3/b10-8+. The largest absolute Gasteiger partial charge is 0.462 e. The topological polar surface area (TPSA) is 50.1 Å². The second-order valence-electron chi connectivity index (χ2n) is 3.17. The number of ether oxygens (including phenoxy) is 1. The highest BCUT2D eigenvalue weighted by Crippen LogP contribution is 2.13. The fourth-order valence-corrected chi connectivity index (χ4v) is 1.70. The molecule has 0 aliphatic rings. The van der Waals surface area contributed by atoms with Crippen LogP contribution >= 0.6 is 11.3 Å². The molecule has 0 aliphatic heterocycles. The number of carbonyl (C=O) groups is 1. The first-order valence-corrected chi connectivity index (χ1v) is 5.98. The number of hydrogen-bond acceptors (Lipinski definition) is 4. The molecule has 0 amide bonds. The number of thiophene rings is 1. The summed E-state index contributed by atoms with van der Waals surface area (Å²) in [4.78, 5) is 12.3. The number of nitrogens with zero attached hydrogens (tertiary/aromatic N) is 1. The molecule has 0 N–H and O–H groups in total. The molecule has 4 heteroatoms. The molecular weight excluding hydrogens is 222 g/mol. The lowest BCUT2D eigenvalue weighted by Gasteiger charge is -2.01. The zero-order valence-corrected chi connectivity index (χ0v) is 9.92. The van der Waals surface area contributed by atoms with Crippen molar-refractivity contribution in [2.75, 3.05) is 6.61 Å². The van der Waals surface area contributed by atoms with Gasteiger partial charge in [0.15, 0.2) is 0 Å². The van der Waals surface area contributed by atoms with Crippen LogP contribution in [0.1, 0.15) is 24.6 Å². The Balaban J connectivity index is 2.61. The van der Waals surface area contributed by atoms with E-state index in [1.165, 1.54) is 11.3 Å². The van der Waals surface area contributed by atoms with Crippen molar-refractivity contribution in [2.45, 2.75) is 19.8 Å². The van der Waals surface area contributed by atoms with Crippen LogP contribution in [0.5, 0.6) is 0 Å². The number of nitriles is 1. The molecule has 1 heterocycles. The predicted octanol–water partition coefficient (Wildman–Crippen LogP) is 3.00. The van der Waals surface area contributed by atoms with Gasteiger partial charge in [-0.15, -0.1) is 11.3 Å². The SMILES string of the molecule is CCCCOC(=O)/C(C#N)=C/c1cccs1. The molecule has 0 saturated heterocycles. The van der Waals surface area contributed by atoms with Gasteiger partial charge in [-0.05, 0) is 23.9 Å². The minimum absolute atomic E-state index is 0.0542. The van der Waals surface area contributed by atoms with Gasteiger partial charge in [0.2, 0.25) is 0 Å². The Morgan fingerprint density at radius 2 is 2.50 bits per heavy atom. The van der Waals surface area contributed by atoms with Gasteiger partial charge in [0.05, 0.1) is 6.61 Å². The summed E-state index contributed by atoms with van der Waals surface area (Å²) in [5.41, 5.74) is 0.0542. The van der Waals surface area contributed by atoms with Crippen LogP contribution in [-0.4, -0.2) is 12.6 Å². The van der Waals surface area contributed by atoms with Gasteiger partial charge < -0.3 is 4.74 Å². The molecule has 3 nitrogen and oxygen atoms in total. The summed E-state index contributed by atoms with van der Waals surface area (Å²) < 4.78 is 4.96. The first kappa shape index (κ1) is 12.5. The maximum atomic E-state index is 11.5. The van der Waals surface area contributed by atoms with Gasteiger partial charge in [-0.2, -0.15) is 5.26 Å². The summed E-state index contributed by atoms with van der Waals surface area (Å²) in [6.45, 7) is 2.39. The average Bonchev–Trinajstić information content (AvgIpc) is 2.78. The summed E-state index contributed by atoms with van der Waals surface area (Å²) >= 11 is 1.48. The third-order valence-electron chi connectivity index (χ3n) is 1.90. The van der Waals surface area contributed by atoms with E-state index in [1.807, 2.05) is 30.5 Å². The Hall–Kier alpha value is -1.60. The monoisotopic (exact) mass is 235 g/mol. The Labute approximate surface area is 99.0 Å². The molecule has 1 aromatic heterocycles. The van der Waals surface area contributed by atoms with Crippen LogP contribution in [0.15, 0.2) is 23.1 Å². The summed E-state index contributed by atoms with van der Waals surface area (Å²) in [7, 11) is 0. The highest BCUT2D eigenvalue weighted by atomic mass is 32.1. The smallest absolute Gasteiger partial charge is 0.348 e. The quantitative estimate of drug-likeness (QED) is 0.341. The summed E-state index contributed by atoms with van der Waals surface area (Å²) in [5, 5.41) is 10.7. The molecule has 1 rings (SSSR count). The number of rotatable bonds is 5. The molecule has 0 saturated carbocycles. The minimum atomic E-state index is -0.538. The molecule has 84 valence electrons. The molecule has 0 atom stereocenters. The predicted molar refractivity (Wildman–Crippen MR) is 63.8 cm³/mol. The first-order valence-electron chi connectivity index (χ1n) is 5.10. The van der Waals surface area contributed by atoms with E-state index in [9.17, 15) is 4.79 Å².